The average molecular weight is 328 g/mol. The molecular formula is C10H16BF7OS. The summed E-state index contributed by atoms with van der Waals surface area (Å²) in [6.45, 7) is 3.41. The van der Waals surface area contributed by atoms with Crippen molar-refractivity contribution in [3.8, 4) is 0 Å². The van der Waals surface area contributed by atoms with Crippen LogP contribution in [0.4, 0.5) is 30.7 Å². The van der Waals surface area contributed by atoms with Crippen molar-refractivity contribution in [2.45, 2.75) is 56.1 Å². The number of hydrogen-bond acceptors (Lipinski definition) is 2. The van der Waals surface area contributed by atoms with E-state index >= 15 is 0 Å². The van der Waals surface area contributed by atoms with Gasteiger partial charge in [-0.1, -0.05) is 40.3 Å². The van der Waals surface area contributed by atoms with E-state index in [9.17, 15) is 30.7 Å². The molecule has 0 amide bonds. The van der Waals surface area contributed by atoms with E-state index < -0.39 is 34.4 Å². The number of hydrogen-bond donors (Lipinski definition) is 1. The predicted octanol–water partition coefficient (Wildman–Crippen LogP) is 3.91. The van der Waals surface area contributed by atoms with Crippen molar-refractivity contribution in [3.05, 3.63) is 0 Å². The number of ether oxygens (including phenoxy) is 1. The van der Waals surface area contributed by atoms with Gasteiger partial charge in [0.25, 0.3) is 5.85 Å². The zero-order valence-electron chi connectivity index (χ0n) is 11.6. The Bertz CT molecular complexity index is 350. The average Bonchev–Trinajstić information content (AvgIpc) is 2.12. The molecule has 0 aliphatic heterocycles. The summed E-state index contributed by atoms with van der Waals surface area (Å²) in [5, 5.41) is -7.23. The van der Waals surface area contributed by atoms with Gasteiger partial charge < -0.3 is 0 Å². The van der Waals surface area contributed by atoms with Crippen molar-refractivity contribution in [3.63, 3.8) is 0 Å². The van der Waals surface area contributed by atoms with Crippen molar-refractivity contribution in [2.75, 3.05) is 0 Å². The monoisotopic (exact) mass is 328 g/mol. The Hall–Kier alpha value is -0.115. The van der Waals surface area contributed by atoms with Crippen molar-refractivity contribution in [1.82, 2.24) is 0 Å². The lowest BCUT2D eigenvalue weighted by molar-refractivity contribution is -0.430. The van der Waals surface area contributed by atoms with E-state index in [4.69, 9.17) is 0 Å². The lowest BCUT2D eigenvalue weighted by atomic mass is 9.64. The molecule has 10 heteroatoms. The molecule has 0 spiro atoms. The largest absolute Gasteiger partial charge is 0.432 e. The van der Waals surface area contributed by atoms with Gasteiger partial charge in [-0.15, -0.1) is 0 Å². The summed E-state index contributed by atoms with van der Waals surface area (Å²) in [7, 11) is 0.879. The molecule has 0 fully saturated rings. The highest BCUT2D eigenvalue weighted by Gasteiger charge is 2.70. The minimum Gasteiger partial charge on any atom is -0.271 e. The topological polar surface area (TPSA) is 9.23 Å². The smallest absolute Gasteiger partial charge is 0.271 e. The third-order valence-electron chi connectivity index (χ3n) is 2.74. The van der Waals surface area contributed by atoms with Crippen molar-refractivity contribution < 1.29 is 35.5 Å². The maximum absolute atomic E-state index is 14.4. The van der Waals surface area contributed by atoms with Crippen molar-refractivity contribution in [1.29, 1.82) is 0 Å². The van der Waals surface area contributed by atoms with E-state index in [1.54, 1.807) is 0 Å². The third-order valence-corrected chi connectivity index (χ3v) is 3.00. The fourth-order valence-electron chi connectivity index (χ4n) is 1.30. The number of thiol groups is 1. The minimum absolute atomic E-state index is 0.826. The van der Waals surface area contributed by atoms with Gasteiger partial charge in [-0.05, 0) is 0 Å². The first-order valence-corrected chi connectivity index (χ1v) is 6.10. The van der Waals surface area contributed by atoms with Crippen molar-refractivity contribution in [2.24, 2.45) is 5.92 Å². The number of alkyl halides is 7. The van der Waals surface area contributed by atoms with Crippen LogP contribution in [-0.2, 0) is 4.74 Å². The van der Waals surface area contributed by atoms with Gasteiger partial charge in [0.15, 0.2) is 0 Å². The first kappa shape index (κ1) is 19.9. The van der Waals surface area contributed by atoms with E-state index in [1.807, 2.05) is 0 Å². The Kier molecular flexibility index (Phi) is 5.23. The maximum Gasteiger partial charge on any atom is 0.432 e. The number of rotatable bonds is 6. The lowest BCUT2D eigenvalue weighted by Gasteiger charge is -2.44. The molecule has 0 N–H and O–H groups in total. The van der Waals surface area contributed by atoms with Gasteiger partial charge >= 0.3 is 17.3 Å². The van der Waals surface area contributed by atoms with Gasteiger partial charge in [0, 0.05) is 11.2 Å². The van der Waals surface area contributed by atoms with Crippen LogP contribution in [0, 0.1) is 5.92 Å². The third kappa shape index (κ3) is 3.37. The molecule has 0 radical (unpaired) electrons. The zero-order valence-corrected chi connectivity index (χ0v) is 12.5. The molecule has 0 heterocycles. The molecular weight excluding hydrogens is 312 g/mol. The van der Waals surface area contributed by atoms with E-state index in [2.05, 4.69) is 17.4 Å². The van der Waals surface area contributed by atoms with Crippen LogP contribution in [0.25, 0.3) is 0 Å². The summed E-state index contributed by atoms with van der Waals surface area (Å²) >= 11 is 2.26. The molecule has 120 valence electrons. The van der Waals surface area contributed by atoms with E-state index in [-0.39, 0.29) is 0 Å². The van der Waals surface area contributed by atoms with Crippen LogP contribution >= 0.6 is 12.6 Å². The first-order valence-electron chi connectivity index (χ1n) is 5.65. The molecule has 0 saturated carbocycles. The Labute approximate surface area is 119 Å². The minimum atomic E-state index is -5.50. The molecule has 0 aromatic carbocycles. The highest BCUT2D eigenvalue weighted by atomic mass is 32.1. The van der Waals surface area contributed by atoms with E-state index in [0.29, 0.717) is 0 Å². The van der Waals surface area contributed by atoms with Gasteiger partial charge in [0.2, 0.25) is 0 Å². The number of halogens is 7. The normalized spacial score (nSPS) is 18.2. The molecule has 0 saturated heterocycles. The molecule has 0 aliphatic rings. The summed E-state index contributed by atoms with van der Waals surface area (Å²) in [5.41, 5.74) is 0. The molecule has 1 unspecified atom stereocenters. The second-order valence-electron chi connectivity index (χ2n) is 5.78. The van der Waals surface area contributed by atoms with Crippen LogP contribution in [0.5, 0.6) is 0 Å². The SMILES string of the molecule is BC(C)(C)C(F)(F)C(F)(OC(F)(F)C(F)(F)S)C(C)C. The van der Waals surface area contributed by atoms with Gasteiger partial charge in [0.1, 0.15) is 7.85 Å². The summed E-state index contributed by atoms with van der Waals surface area (Å²) in [4.78, 5) is 0. The van der Waals surface area contributed by atoms with Gasteiger partial charge in [-0.2, -0.15) is 17.6 Å². The summed E-state index contributed by atoms with van der Waals surface area (Å²) < 4.78 is 97.0. The lowest BCUT2D eigenvalue weighted by Crippen LogP contribution is -2.60. The van der Waals surface area contributed by atoms with Crippen LogP contribution in [-0.4, -0.2) is 31.0 Å². The second-order valence-corrected chi connectivity index (χ2v) is 6.35. The summed E-state index contributed by atoms with van der Waals surface area (Å²) in [5.74, 6) is -10.5. The van der Waals surface area contributed by atoms with E-state index in [1.165, 1.54) is 0 Å². The van der Waals surface area contributed by atoms with Gasteiger partial charge in [-0.25, -0.2) is 13.2 Å². The molecule has 0 aromatic rings. The van der Waals surface area contributed by atoms with Gasteiger partial charge in [0.05, 0.1) is 0 Å². The van der Waals surface area contributed by atoms with Crippen molar-refractivity contribution >= 4 is 20.5 Å². The zero-order chi connectivity index (χ0) is 16.8. The molecule has 1 atom stereocenters. The Morgan fingerprint density at radius 3 is 1.50 bits per heavy atom. The molecule has 0 aliphatic carbocycles. The van der Waals surface area contributed by atoms with Crippen LogP contribution in [0.1, 0.15) is 27.7 Å². The van der Waals surface area contributed by atoms with Gasteiger partial charge in [-0.3, -0.25) is 4.74 Å². The Balaban J connectivity index is 5.80. The highest BCUT2D eigenvalue weighted by molar-refractivity contribution is 7.81. The molecule has 0 aromatic heterocycles. The molecule has 20 heavy (non-hydrogen) atoms. The molecule has 0 bridgehead atoms. The summed E-state index contributed by atoms with van der Waals surface area (Å²) in [6.07, 6.45) is -5.50. The van der Waals surface area contributed by atoms with Crippen LogP contribution < -0.4 is 0 Å². The Morgan fingerprint density at radius 1 is 0.950 bits per heavy atom. The maximum atomic E-state index is 14.4. The standard InChI is InChI=1S/C10H16BF7OS/c1-5(2)7(12,8(13,14)6(3,4)11)19-9(15,16)10(17,18)20/h5,20H,11H2,1-4H3. The van der Waals surface area contributed by atoms with Crippen LogP contribution in [0.2, 0.25) is 5.31 Å². The molecule has 1 nitrogen and oxygen atoms in total. The second kappa shape index (κ2) is 5.26. The highest BCUT2D eigenvalue weighted by Crippen LogP contribution is 2.55. The molecule has 0 rings (SSSR count). The van der Waals surface area contributed by atoms with Crippen LogP contribution in [0.3, 0.4) is 0 Å². The fourth-order valence-corrected chi connectivity index (χ4v) is 1.35. The fraction of sp³-hybridized carbons (Fsp3) is 1.00. The Morgan fingerprint density at radius 2 is 1.30 bits per heavy atom. The van der Waals surface area contributed by atoms with Crippen LogP contribution in [0.15, 0.2) is 0 Å². The predicted molar refractivity (Wildman–Crippen MR) is 66.2 cm³/mol. The quantitative estimate of drug-likeness (QED) is 0.442. The summed E-state index contributed by atoms with van der Waals surface area (Å²) in [6, 6.07) is 0. The van der Waals surface area contributed by atoms with E-state index in [0.717, 1.165) is 35.5 Å². The first-order chi connectivity index (χ1) is 8.40.